The predicted octanol–water partition coefficient (Wildman–Crippen LogP) is 2.65. The van der Waals surface area contributed by atoms with E-state index < -0.39 is 0 Å². The number of carbonyl (C=O) groups excluding carboxylic acids is 1. The zero-order valence-electron chi connectivity index (χ0n) is 7.94. The van der Waals surface area contributed by atoms with Gasteiger partial charge in [-0.3, -0.25) is 9.14 Å². The SMILES string of the molecule is Cc1ccc(C(=O)NBr)c(C)c1C. The second-order valence-corrected chi connectivity index (χ2v) is 3.50. The Bertz CT molecular complexity index is 347. The second kappa shape index (κ2) is 3.92. The van der Waals surface area contributed by atoms with Gasteiger partial charge in [-0.15, -0.1) is 0 Å². The molecule has 0 atom stereocenters. The van der Waals surface area contributed by atoms with Crippen LogP contribution >= 0.6 is 16.1 Å². The Morgan fingerprint density at radius 2 is 1.85 bits per heavy atom. The van der Waals surface area contributed by atoms with Gasteiger partial charge in [0.1, 0.15) is 0 Å². The molecule has 0 saturated carbocycles. The van der Waals surface area contributed by atoms with Crippen molar-refractivity contribution in [1.82, 2.24) is 4.34 Å². The number of amides is 1. The third kappa shape index (κ3) is 1.91. The lowest BCUT2D eigenvalue weighted by molar-refractivity contribution is 0.0986. The Labute approximate surface area is 86.7 Å². The fraction of sp³-hybridized carbons (Fsp3) is 0.300. The number of aryl methyl sites for hydroxylation is 1. The zero-order valence-corrected chi connectivity index (χ0v) is 9.53. The molecule has 1 aromatic carbocycles. The molecule has 70 valence electrons. The van der Waals surface area contributed by atoms with Crippen molar-refractivity contribution in [3.05, 3.63) is 34.4 Å². The summed E-state index contributed by atoms with van der Waals surface area (Å²) in [7, 11) is 0. The largest absolute Gasteiger partial charge is 0.289 e. The van der Waals surface area contributed by atoms with E-state index in [1.165, 1.54) is 11.1 Å². The molecule has 0 aliphatic carbocycles. The molecule has 1 amide bonds. The number of benzene rings is 1. The highest BCUT2D eigenvalue weighted by atomic mass is 79.9. The van der Waals surface area contributed by atoms with Crippen LogP contribution in [0.25, 0.3) is 0 Å². The van der Waals surface area contributed by atoms with E-state index in [0.29, 0.717) is 0 Å². The lowest BCUT2D eigenvalue weighted by Crippen LogP contribution is -2.14. The first-order valence-corrected chi connectivity index (χ1v) is 4.85. The van der Waals surface area contributed by atoms with Gasteiger partial charge in [0.25, 0.3) is 5.91 Å². The van der Waals surface area contributed by atoms with Crippen LogP contribution in [0, 0.1) is 20.8 Å². The quantitative estimate of drug-likeness (QED) is 0.753. The molecule has 0 unspecified atom stereocenters. The van der Waals surface area contributed by atoms with Gasteiger partial charge in [-0.1, -0.05) is 6.07 Å². The summed E-state index contributed by atoms with van der Waals surface area (Å²) in [6.45, 7) is 6.02. The van der Waals surface area contributed by atoms with Crippen LogP contribution in [0.1, 0.15) is 27.0 Å². The Morgan fingerprint density at radius 3 is 2.38 bits per heavy atom. The van der Waals surface area contributed by atoms with E-state index >= 15 is 0 Å². The Hall–Kier alpha value is -0.830. The summed E-state index contributed by atoms with van der Waals surface area (Å²) in [4.78, 5) is 11.3. The number of nitrogens with one attached hydrogen (secondary N) is 1. The van der Waals surface area contributed by atoms with Gasteiger partial charge in [-0.05, 0) is 43.5 Å². The van der Waals surface area contributed by atoms with Crippen molar-refractivity contribution < 1.29 is 4.79 Å². The van der Waals surface area contributed by atoms with Crippen LogP contribution in [0.4, 0.5) is 0 Å². The summed E-state index contributed by atoms with van der Waals surface area (Å²) >= 11 is 2.93. The van der Waals surface area contributed by atoms with Crippen LogP contribution in [-0.2, 0) is 0 Å². The van der Waals surface area contributed by atoms with Crippen molar-refractivity contribution in [2.45, 2.75) is 20.8 Å². The Morgan fingerprint density at radius 1 is 1.23 bits per heavy atom. The minimum Gasteiger partial charge on any atom is -0.289 e. The van der Waals surface area contributed by atoms with E-state index in [1.807, 2.05) is 32.9 Å². The molecule has 0 saturated heterocycles. The normalized spacial score (nSPS) is 9.85. The summed E-state index contributed by atoms with van der Waals surface area (Å²) in [5.74, 6) is -0.0967. The molecule has 0 radical (unpaired) electrons. The van der Waals surface area contributed by atoms with Gasteiger partial charge >= 0.3 is 0 Å². The van der Waals surface area contributed by atoms with Crippen molar-refractivity contribution in [2.75, 3.05) is 0 Å². The number of hydrogen-bond donors (Lipinski definition) is 1. The topological polar surface area (TPSA) is 29.1 Å². The van der Waals surface area contributed by atoms with Crippen LogP contribution in [-0.4, -0.2) is 5.91 Å². The number of hydrogen-bond acceptors (Lipinski definition) is 1. The lowest BCUT2D eigenvalue weighted by atomic mass is 9.99. The molecule has 0 fully saturated rings. The molecule has 1 aromatic rings. The van der Waals surface area contributed by atoms with Crippen molar-refractivity contribution in [3.8, 4) is 0 Å². The van der Waals surface area contributed by atoms with E-state index in [1.54, 1.807) is 0 Å². The zero-order chi connectivity index (χ0) is 10.0. The minimum atomic E-state index is -0.0967. The highest BCUT2D eigenvalue weighted by molar-refractivity contribution is 9.08. The van der Waals surface area contributed by atoms with Gasteiger partial charge in [0, 0.05) is 21.7 Å². The van der Waals surface area contributed by atoms with Gasteiger partial charge in [-0.25, -0.2) is 0 Å². The molecule has 0 bridgehead atoms. The van der Waals surface area contributed by atoms with Crippen molar-refractivity contribution in [3.63, 3.8) is 0 Å². The molecule has 13 heavy (non-hydrogen) atoms. The molecular formula is C10H12BrNO. The summed E-state index contributed by atoms with van der Waals surface area (Å²) in [5, 5.41) is 0. The van der Waals surface area contributed by atoms with Crippen LogP contribution in [0.15, 0.2) is 12.1 Å². The molecule has 3 heteroatoms. The minimum absolute atomic E-state index is 0.0967. The third-order valence-corrected chi connectivity index (χ3v) is 2.75. The van der Waals surface area contributed by atoms with Gasteiger partial charge in [0.05, 0.1) is 0 Å². The fourth-order valence-electron chi connectivity index (χ4n) is 1.25. The smallest absolute Gasteiger partial charge is 0.261 e. The number of carbonyl (C=O) groups is 1. The number of rotatable bonds is 1. The van der Waals surface area contributed by atoms with Crippen LogP contribution < -0.4 is 4.34 Å². The predicted molar refractivity (Wildman–Crippen MR) is 57.0 cm³/mol. The molecule has 1 rings (SSSR count). The third-order valence-electron chi connectivity index (χ3n) is 2.39. The molecule has 2 nitrogen and oxygen atoms in total. The van der Waals surface area contributed by atoms with E-state index in [2.05, 4.69) is 20.5 Å². The van der Waals surface area contributed by atoms with Crippen LogP contribution in [0.5, 0.6) is 0 Å². The van der Waals surface area contributed by atoms with E-state index in [4.69, 9.17) is 0 Å². The first kappa shape index (κ1) is 10.3. The monoisotopic (exact) mass is 241 g/mol. The second-order valence-electron chi connectivity index (χ2n) is 3.10. The van der Waals surface area contributed by atoms with Gasteiger partial charge in [0.2, 0.25) is 0 Å². The average molecular weight is 242 g/mol. The van der Waals surface area contributed by atoms with Gasteiger partial charge in [0.15, 0.2) is 0 Å². The molecular weight excluding hydrogens is 230 g/mol. The van der Waals surface area contributed by atoms with E-state index in [9.17, 15) is 4.79 Å². The maximum absolute atomic E-state index is 11.3. The summed E-state index contributed by atoms with van der Waals surface area (Å²) in [6.07, 6.45) is 0. The van der Waals surface area contributed by atoms with Gasteiger partial charge in [-0.2, -0.15) is 0 Å². The summed E-state index contributed by atoms with van der Waals surface area (Å²) in [6, 6.07) is 3.80. The van der Waals surface area contributed by atoms with E-state index in [-0.39, 0.29) is 5.91 Å². The van der Waals surface area contributed by atoms with Crippen LogP contribution in [0.2, 0.25) is 0 Å². The number of halogens is 1. The standard InChI is InChI=1S/C10H12BrNO/c1-6-4-5-9(10(13)12-11)8(3)7(6)2/h4-5H,1-3H3,(H,12,13). The van der Waals surface area contributed by atoms with Crippen molar-refractivity contribution in [2.24, 2.45) is 0 Å². The molecule has 0 spiro atoms. The first-order valence-electron chi connectivity index (χ1n) is 4.05. The van der Waals surface area contributed by atoms with Crippen molar-refractivity contribution in [1.29, 1.82) is 0 Å². The molecule has 0 heterocycles. The maximum Gasteiger partial charge on any atom is 0.261 e. The van der Waals surface area contributed by atoms with Crippen molar-refractivity contribution >= 4 is 22.1 Å². The Balaban J connectivity index is 3.26. The Kier molecular flexibility index (Phi) is 3.09. The highest BCUT2D eigenvalue weighted by Gasteiger charge is 2.09. The molecule has 0 aliphatic heterocycles. The molecule has 1 N–H and O–H groups in total. The highest BCUT2D eigenvalue weighted by Crippen LogP contribution is 2.16. The fourth-order valence-corrected chi connectivity index (χ4v) is 1.47. The van der Waals surface area contributed by atoms with Crippen LogP contribution in [0.3, 0.4) is 0 Å². The lowest BCUT2D eigenvalue weighted by Gasteiger charge is -2.08. The first-order chi connectivity index (χ1) is 6.07. The average Bonchev–Trinajstić information content (AvgIpc) is 2.13. The summed E-state index contributed by atoms with van der Waals surface area (Å²) in [5.41, 5.74) is 4.15. The van der Waals surface area contributed by atoms with Gasteiger partial charge < -0.3 is 0 Å². The van der Waals surface area contributed by atoms with E-state index in [0.717, 1.165) is 11.1 Å². The summed E-state index contributed by atoms with van der Waals surface area (Å²) < 4.78 is 2.44. The molecule has 0 aromatic heterocycles. The molecule has 0 aliphatic rings. The maximum atomic E-state index is 11.3.